The second kappa shape index (κ2) is 5.90. The van der Waals surface area contributed by atoms with Crippen LogP contribution in [0.4, 0.5) is 5.69 Å². The lowest BCUT2D eigenvalue weighted by Gasteiger charge is -2.17. The second-order valence-electron chi connectivity index (χ2n) is 4.92. The average molecular weight is 294 g/mol. The van der Waals surface area contributed by atoms with Crippen LogP contribution in [0.15, 0.2) is 12.1 Å². The molecule has 0 aromatic heterocycles. The van der Waals surface area contributed by atoms with Gasteiger partial charge in [0.05, 0.1) is 18.4 Å². The third-order valence-electron chi connectivity index (χ3n) is 3.41. The molecule has 21 heavy (non-hydrogen) atoms. The summed E-state index contributed by atoms with van der Waals surface area (Å²) in [7, 11) is 3.15. The molecule has 0 spiro atoms. The number of methoxy groups -OCH3 is 1. The van der Waals surface area contributed by atoms with Crippen LogP contribution < -0.4 is 15.2 Å². The molecule has 1 saturated carbocycles. The normalized spacial score (nSPS) is 13.6. The quantitative estimate of drug-likeness (QED) is 0.758. The number of nitrogens with zero attached hydrogens (tertiary/aromatic N) is 1. The van der Waals surface area contributed by atoms with Crippen molar-refractivity contribution in [3.8, 4) is 11.5 Å². The fourth-order valence-corrected chi connectivity index (χ4v) is 1.94. The van der Waals surface area contributed by atoms with Gasteiger partial charge in [0.1, 0.15) is 0 Å². The Morgan fingerprint density at radius 2 is 2.05 bits per heavy atom. The van der Waals surface area contributed by atoms with E-state index < -0.39 is 5.97 Å². The van der Waals surface area contributed by atoms with Crippen LogP contribution in [0, 0.1) is 0 Å². The number of carbonyl (C=O) groups excluding carboxylic acids is 1. The molecule has 1 aromatic carbocycles. The minimum Gasteiger partial charge on any atom is -0.493 e. The fraction of sp³-hybridized carbons (Fsp3) is 0.429. The minimum absolute atomic E-state index is 0.0770. The van der Waals surface area contributed by atoms with Crippen molar-refractivity contribution >= 4 is 17.6 Å². The highest BCUT2D eigenvalue weighted by Crippen LogP contribution is 2.32. The van der Waals surface area contributed by atoms with Crippen LogP contribution in [0.1, 0.15) is 23.2 Å². The van der Waals surface area contributed by atoms with Gasteiger partial charge in [0, 0.05) is 25.2 Å². The molecule has 0 aliphatic heterocycles. The van der Waals surface area contributed by atoms with Crippen LogP contribution in [0.25, 0.3) is 0 Å². The summed E-state index contributed by atoms with van der Waals surface area (Å²) in [5, 5.41) is 9.05. The zero-order chi connectivity index (χ0) is 15.6. The Bertz CT molecular complexity index is 569. The Labute approximate surface area is 122 Å². The lowest BCUT2D eigenvalue weighted by Crippen LogP contribution is -2.33. The van der Waals surface area contributed by atoms with Gasteiger partial charge in [0.2, 0.25) is 0 Å². The number of aromatic carboxylic acids is 1. The van der Waals surface area contributed by atoms with Crippen molar-refractivity contribution in [1.29, 1.82) is 0 Å². The molecule has 0 atom stereocenters. The number of carbonyl (C=O) groups is 2. The number of likely N-dealkylation sites (N-methyl/N-ethyl adjacent to an activating group) is 1. The molecule has 7 nitrogen and oxygen atoms in total. The lowest BCUT2D eigenvalue weighted by atomic mass is 10.1. The molecule has 1 amide bonds. The summed E-state index contributed by atoms with van der Waals surface area (Å²) in [5.41, 5.74) is 5.62. The third-order valence-corrected chi connectivity index (χ3v) is 3.41. The fourth-order valence-electron chi connectivity index (χ4n) is 1.94. The van der Waals surface area contributed by atoms with Gasteiger partial charge in [-0.25, -0.2) is 4.79 Å². The van der Waals surface area contributed by atoms with E-state index in [0.717, 1.165) is 12.8 Å². The molecule has 2 rings (SSSR count). The van der Waals surface area contributed by atoms with Gasteiger partial charge in [-0.05, 0) is 12.8 Å². The van der Waals surface area contributed by atoms with Crippen molar-refractivity contribution < 1.29 is 24.2 Å². The van der Waals surface area contributed by atoms with Gasteiger partial charge < -0.3 is 25.2 Å². The van der Waals surface area contributed by atoms with E-state index in [0.29, 0.717) is 11.8 Å². The zero-order valence-corrected chi connectivity index (χ0v) is 12.0. The van der Waals surface area contributed by atoms with Crippen LogP contribution in [0.2, 0.25) is 0 Å². The van der Waals surface area contributed by atoms with E-state index in [9.17, 15) is 9.59 Å². The van der Waals surface area contributed by atoms with E-state index in [4.69, 9.17) is 20.3 Å². The number of hydrogen-bond acceptors (Lipinski definition) is 5. The number of carboxylic acid groups (broad SMARTS) is 1. The number of anilines is 1. The first-order valence-corrected chi connectivity index (χ1v) is 6.53. The van der Waals surface area contributed by atoms with Gasteiger partial charge in [0.15, 0.2) is 18.1 Å². The van der Waals surface area contributed by atoms with Crippen molar-refractivity contribution in [3.05, 3.63) is 17.7 Å². The molecule has 1 aliphatic carbocycles. The van der Waals surface area contributed by atoms with Gasteiger partial charge in [-0.1, -0.05) is 0 Å². The summed E-state index contributed by atoms with van der Waals surface area (Å²) >= 11 is 0. The molecular weight excluding hydrogens is 276 g/mol. The number of rotatable bonds is 6. The van der Waals surface area contributed by atoms with Crippen molar-refractivity contribution in [2.75, 3.05) is 26.5 Å². The number of ether oxygens (including phenoxy) is 2. The summed E-state index contributed by atoms with van der Waals surface area (Å²) in [4.78, 5) is 24.6. The summed E-state index contributed by atoms with van der Waals surface area (Å²) in [6.45, 7) is -0.174. The molecule has 1 fully saturated rings. The molecule has 0 heterocycles. The van der Waals surface area contributed by atoms with Crippen molar-refractivity contribution in [1.82, 2.24) is 4.90 Å². The molecule has 3 N–H and O–H groups in total. The van der Waals surface area contributed by atoms with Crippen molar-refractivity contribution in [2.45, 2.75) is 18.9 Å². The summed E-state index contributed by atoms with van der Waals surface area (Å²) in [5.74, 6) is -0.851. The molecule has 0 bridgehead atoms. The maximum absolute atomic E-state index is 11.9. The topological polar surface area (TPSA) is 102 Å². The van der Waals surface area contributed by atoms with E-state index in [1.54, 1.807) is 11.9 Å². The van der Waals surface area contributed by atoms with E-state index >= 15 is 0 Å². The number of nitrogen functional groups attached to an aromatic ring is 1. The first kappa shape index (κ1) is 15.0. The Morgan fingerprint density at radius 3 is 2.57 bits per heavy atom. The molecule has 7 heteroatoms. The SMILES string of the molecule is COc1cc(N)c(C(=O)O)cc1OCC(=O)N(C)C1CC1. The smallest absolute Gasteiger partial charge is 0.337 e. The van der Waals surface area contributed by atoms with Crippen LogP contribution >= 0.6 is 0 Å². The van der Waals surface area contributed by atoms with E-state index in [-0.39, 0.29) is 29.5 Å². The Kier molecular flexibility index (Phi) is 4.21. The standard InChI is InChI=1S/C14H18N2O5/c1-16(8-3-4-8)13(17)7-21-12-5-9(14(18)19)10(15)6-11(12)20-2/h5-6,8H,3-4,7,15H2,1-2H3,(H,18,19). The third kappa shape index (κ3) is 3.36. The molecule has 114 valence electrons. The highest BCUT2D eigenvalue weighted by atomic mass is 16.5. The molecule has 0 radical (unpaired) electrons. The number of nitrogens with two attached hydrogens (primary N) is 1. The Balaban J connectivity index is 2.12. The van der Waals surface area contributed by atoms with E-state index in [2.05, 4.69) is 0 Å². The highest BCUT2D eigenvalue weighted by Gasteiger charge is 2.29. The lowest BCUT2D eigenvalue weighted by molar-refractivity contribution is -0.132. The Morgan fingerprint density at radius 1 is 1.38 bits per heavy atom. The molecule has 1 aliphatic rings. The van der Waals surface area contributed by atoms with Crippen LogP contribution in [-0.4, -0.2) is 48.7 Å². The summed E-state index contributed by atoms with van der Waals surface area (Å²) in [6.07, 6.45) is 2.02. The first-order chi connectivity index (χ1) is 9.93. The molecule has 0 unspecified atom stereocenters. The van der Waals surface area contributed by atoms with Crippen LogP contribution in [0.5, 0.6) is 11.5 Å². The monoisotopic (exact) mass is 294 g/mol. The maximum atomic E-state index is 11.9. The van der Waals surface area contributed by atoms with Crippen LogP contribution in [-0.2, 0) is 4.79 Å². The predicted octanol–water partition coefficient (Wildman–Crippen LogP) is 0.975. The van der Waals surface area contributed by atoms with Gasteiger partial charge in [-0.2, -0.15) is 0 Å². The number of hydrogen-bond donors (Lipinski definition) is 2. The zero-order valence-electron chi connectivity index (χ0n) is 12.0. The summed E-state index contributed by atoms with van der Waals surface area (Å²) < 4.78 is 10.5. The minimum atomic E-state index is -1.17. The van der Waals surface area contributed by atoms with E-state index in [1.807, 2.05) is 0 Å². The number of benzene rings is 1. The average Bonchev–Trinajstić information content (AvgIpc) is 3.28. The first-order valence-electron chi connectivity index (χ1n) is 6.53. The van der Waals surface area contributed by atoms with Crippen molar-refractivity contribution in [2.24, 2.45) is 0 Å². The Hall–Kier alpha value is -2.44. The van der Waals surface area contributed by atoms with Crippen molar-refractivity contribution in [3.63, 3.8) is 0 Å². The molecule has 1 aromatic rings. The second-order valence-corrected chi connectivity index (χ2v) is 4.92. The highest BCUT2D eigenvalue weighted by molar-refractivity contribution is 5.94. The van der Waals surface area contributed by atoms with Crippen LogP contribution in [0.3, 0.4) is 0 Å². The number of amides is 1. The summed E-state index contributed by atoms with van der Waals surface area (Å²) in [6, 6.07) is 2.93. The van der Waals surface area contributed by atoms with Gasteiger partial charge in [-0.3, -0.25) is 4.79 Å². The van der Waals surface area contributed by atoms with E-state index in [1.165, 1.54) is 19.2 Å². The predicted molar refractivity (Wildman–Crippen MR) is 75.7 cm³/mol. The van der Waals surface area contributed by atoms with Gasteiger partial charge >= 0.3 is 5.97 Å². The molecular formula is C14H18N2O5. The van der Waals surface area contributed by atoms with Gasteiger partial charge in [-0.15, -0.1) is 0 Å². The number of carboxylic acids is 1. The maximum Gasteiger partial charge on any atom is 0.337 e. The van der Waals surface area contributed by atoms with Gasteiger partial charge in [0.25, 0.3) is 5.91 Å². The molecule has 0 saturated heterocycles. The largest absolute Gasteiger partial charge is 0.493 e.